The molecule has 1 saturated heterocycles. The highest BCUT2D eigenvalue weighted by molar-refractivity contribution is 5.95. The fourth-order valence-corrected chi connectivity index (χ4v) is 3.27. The molecule has 2 aromatic carbocycles. The SMILES string of the molecule is N#Cc1cccc(C(=O)N2CCN(c3ncnc4ccccc34)CC2)c1. The minimum atomic E-state index is -0.0331. The molecule has 1 aliphatic rings. The Morgan fingerprint density at radius 2 is 1.81 bits per heavy atom. The molecule has 2 heterocycles. The molecule has 1 aliphatic heterocycles. The average Bonchev–Trinajstić information content (AvgIpc) is 2.73. The number of nitrogens with zero attached hydrogens (tertiary/aromatic N) is 5. The molecule has 0 atom stereocenters. The Bertz CT molecular complexity index is 997. The van der Waals surface area contributed by atoms with E-state index in [-0.39, 0.29) is 5.91 Å². The van der Waals surface area contributed by atoms with E-state index < -0.39 is 0 Å². The number of aromatic nitrogens is 2. The van der Waals surface area contributed by atoms with Crippen LogP contribution < -0.4 is 4.90 Å². The molecule has 4 rings (SSSR count). The lowest BCUT2D eigenvalue weighted by Crippen LogP contribution is -2.49. The number of carbonyl (C=O) groups excluding carboxylic acids is 1. The van der Waals surface area contributed by atoms with Crippen LogP contribution in [0.4, 0.5) is 5.82 Å². The monoisotopic (exact) mass is 343 g/mol. The second kappa shape index (κ2) is 6.81. The third-order valence-electron chi connectivity index (χ3n) is 4.63. The van der Waals surface area contributed by atoms with Gasteiger partial charge in [-0.15, -0.1) is 0 Å². The van der Waals surface area contributed by atoms with Crippen molar-refractivity contribution >= 4 is 22.6 Å². The molecule has 0 saturated carbocycles. The molecule has 1 fully saturated rings. The summed E-state index contributed by atoms with van der Waals surface area (Å²) in [5.41, 5.74) is 1.98. The van der Waals surface area contributed by atoms with E-state index in [1.807, 2.05) is 29.2 Å². The predicted octanol–water partition coefficient (Wildman–Crippen LogP) is 2.46. The number of nitriles is 1. The highest BCUT2D eigenvalue weighted by Crippen LogP contribution is 2.23. The van der Waals surface area contributed by atoms with Crippen LogP contribution in [-0.4, -0.2) is 47.0 Å². The van der Waals surface area contributed by atoms with Crippen LogP contribution in [0.15, 0.2) is 54.9 Å². The van der Waals surface area contributed by atoms with E-state index in [0.29, 0.717) is 37.3 Å². The van der Waals surface area contributed by atoms with E-state index in [9.17, 15) is 4.79 Å². The normalized spacial score (nSPS) is 14.3. The van der Waals surface area contributed by atoms with Gasteiger partial charge >= 0.3 is 0 Å². The van der Waals surface area contributed by atoms with Crippen molar-refractivity contribution in [3.8, 4) is 6.07 Å². The van der Waals surface area contributed by atoms with Gasteiger partial charge in [-0.25, -0.2) is 9.97 Å². The maximum absolute atomic E-state index is 12.7. The largest absolute Gasteiger partial charge is 0.352 e. The van der Waals surface area contributed by atoms with E-state index in [1.54, 1.807) is 30.6 Å². The number of para-hydroxylation sites is 1. The molecule has 1 amide bonds. The van der Waals surface area contributed by atoms with Gasteiger partial charge in [-0.2, -0.15) is 5.26 Å². The number of piperazine rings is 1. The van der Waals surface area contributed by atoms with Crippen LogP contribution in [0.25, 0.3) is 10.9 Å². The first-order valence-electron chi connectivity index (χ1n) is 8.50. The summed E-state index contributed by atoms with van der Waals surface area (Å²) in [5, 5.41) is 10.0. The lowest BCUT2D eigenvalue weighted by atomic mass is 10.1. The van der Waals surface area contributed by atoms with Crippen LogP contribution in [-0.2, 0) is 0 Å². The molecule has 0 unspecified atom stereocenters. The van der Waals surface area contributed by atoms with Gasteiger partial charge in [-0.05, 0) is 30.3 Å². The van der Waals surface area contributed by atoms with Gasteiger partial charge in [-0.1, -0.05) is 18.2 Å². The number of fused-ring (bicyclic) bond motifs is 1. The second-order valence-corrected chi connectivity index (χ2v) is 6.19. The first kappa shape index (κ1) is 16.0. The minimum Gasteiger partial charge on any atom is -0.352 e. The molecule has 0 radical (unpaired) electrons. The molecule has 6 heteroatoms. The second-order valence-electron chi connectivity index (χ2n) is 6.19. The van der Waals surface area contributed by atoms with Crippen LogP contribution in [0.1, 0.15) is 15.9 Å². The number of rotatable bonds is 2. The molecule has 128 valence electrons. The summed E-state index contributed by atoms with van der Waals surface area (Å²) < 4.78 is 0. The Kier molecular flexibility index (Phi) is 4.20. The molecule has 1 aromatic heterocycles. The minimum absolute atomic E-state index is 0.0331. The zero-order valence-electron chi connectivity index (χ0n) is 14.2. The summed E-state index contributed by atoms with van der Waals surface area (Å²) in [7, 11) is 0. The molecule has 3 aromatic rings. The van der Waals surface area contributed by atoms with E-state index >= 15 is 0 Å². The molecule has 0 N–H and O–H groups in total. The van der Waals surface area contributed by atoms with Gasteiger partial charge in [0, 0.05) is 37.1 Å². The van der Waals surface area contributed by atoms with E-state index in [4.69, 9.17) is 5.26 Å². The van der Waals surface area contributed by atoms with Crippen LogP contribution in [0.2, 0.25) is 0 Å². The van der Waals surface area contributed by atoms with Gasteiger partial charge in [0.25, 0.3) is 5.91 Å². The number of hydrogen-bond donors (Lipinski definition) is 0. The van der Waals surface area contributed by atoms with E-state index in [1.165, 1.54) is 0 Å². The quantitative estimate of drug-likeness (QED) is 0.715. The van der Waals surface area contributed by atoms with Gasteiger partial charge in [0.05, 0.1) is 17.1 Å². The lowest BCUT2D eigenvalue weighted by Gasteiger charge is -2.35. The van der Waals surface area contributed by atoms with Crippen LogP contribution in [0, 0.1) is 11.3 Å². The molecule has 26 heavy (non-hydrogen) atoms. The van der Waals surface area contributed by atoms with Crippen molar-refractivity contribution < 1.29 is 4.79 Å². The summed E-state index contributed by atoms with van der Waals surface area (Å²) in [6.07, 6.45) is 1.59. The fraction of sp³-hybridized carbons (Fsp3) is 0.200. The van der Waals surface area contributed by atoms with Gasteiger partial charge in [-0.3, -0.25) is 4.79 Å². The first-order valence-corrected chi connectivity index (χ1v) is 8.50. The lowest BCUT2D eigenvalue weighted by molar-refractivity contribution is 0.0746. The molecule has 0 aliphatic carbocycles. The van der Waals surface area contributed by atoms with Crippen molar-refractivity contribution in [2.45, 2.75) is 0 Å². The Morgan fingerprint density at radius 1 is 1.00 bits per heavy atom. The summed E-state index contributed by atoms with van der Waals surface area (Å²) in [5.74, 6) is 0.878. The number of hydrogen-bond acceptors (Lipinski definition) is 5. The molecule has 0 spiro atoms. The summed E-state index contributed by atoms with van der Waals surface area (Å²) >= 11 is 0. The zero-order valence-corrected chi connectivity index (χ0v) is 14.2. The number of amides is 1. The van der Waals surface area contributed by atoms with Crippen molar-refractivity contribution in [1.82, 2.24) is 14.9 Å². The van der Waals surface area contributed by atoms with Crippen molar-refractivity contribution in [3.63, 3.8) is 0 Å². The Morgan fingerprint density at radius 3 is 2.62 bits per heavy atom. The molecular formula is C20H17N5O. The van der Waals surface area contributed by atoms with Crippen LogP contribution in [0.3, 0.4) is 0 Å². The van der Waals surface area contributed by atoms with Crippen molar-refractivity contribution in [2.75, 3.05) is 31.1 Å². The van der Waals surface area contributed by atoms with Crippen molar-refractivity contribution in [1.29, 1.82) is 5.26 Å². The number of benzene rings is 2. The van der Waals surface area contributed by atoms with Gasteiger partial charge in [0.2, 0.25) is 0 Å². The number of anilines is 1. The van der Waals surface area contributed by atoms with Crippen LogP contribution >= 0.6 is 0 Å². The Hall–Kier alpha value is -3.46. The maximum Gasteiger partial charge on any atom is 0.254 e. The van der Waals surface area contributed by atoms with Gasteiger partial charge in [0.1, 0.15) is 12.1 Å². The Balaban J connectivity index is 1.50. The fourth-order valence-electron chi connectivity index (χ4n) is 3.27. The van der Waals surface area contributed by atoms with E-state index in [0.717, 1.165) is 16.7 Å². The smallest absolute Gasteiger partial charge is 0.254 e. The standard InChI is InChI=1S/C20H17N5O/c21-13-15-4-3-5-16(12-15)20(26)25-10-8-24(9-11-25)19-17-6-1-2-7-18(17)22-14-23-19/h1-7,12,14H,8-11H2. The summed E-state index contributed by atoms with van der Waals surface area (Å²) in [4.78, 5) is 25.5. The number of carbonyl (C=O) groups is 1. The molecule has 6 nitrogen and oxygen atoms in total. The molecular weight excluding hydrogens is 326 g/mol. The third kappa shape index (κ3) is 2.95. The Labute approximate surface area is 151 Å². The van der Waals surface area contributed by atoms with Gasteiger partial charge < -0.3 is 9.80 Å². The maximum atomic E-state index is 12.7. The topological polar surface area (TPSA) is 73.1 Å². The summed E-state index contributed by atoms with van der Waals surface area (Å²) in [6, 6.07) is 16.9. The zero-order chi connectivity index (χ0) is 17.9. The molecule has 0 bridgehead atoms. The average molecular weight is 343 g/mol. The highest BCUT2D eigenvalue weighted by Gasteiger charge is 2.24. The third-order valence-corrected chi connectivity index (χ3v) is 4.63. The van der Waals surface area contributed by atoms with Gasteiger partial charge in [0.15, 0.2) is 0 Å². The first-order chi connectivity index (χ1) is 12.8. The van der Waals surface area contributed by atoms with Crippen molar-refractivity contribution in [3.05, 3.63) is 66.0 Å². The van der Waals surface area contributed by atoms with Crippen LogP contribution in [0.5, 0.6) is 0 Å². The highest BCUT2D eigenvalue weighted by atomic mass is 16.2. The van der Waals surface area contributed by atoms with Crippen molar-refractivity contribution in [2.24, 2.45) is 0 Å². The predicted molar refractivity (Wildman–Crippen MR) is 98.8 cm³/mol. The van der Waals surface area contributed by atoms with E-state index in [2.05, 4.69) is 20.9 Å². The summed E-state index contributed by atoms with van der Waals surface area (Å²) in [6.45, 7) is 2.66.